The first-order valence-electron chi connectivity index (χ1n) is 6.05. The number of benzene rings is 2. The second-order valence-electron chi connectivity index (χ2n) is 4.51. The predicted octanol–water partition coefficient (Wildman–Crippen LogP) is 2.61. The lowest BCUT2D eigenvalue weighted by Crippen LogP contribution is -2.09. The minimum absolute atomic E-state index is 0.182. The van der Waals surface area contributed by atoms with Crippen LogP contribution in [0.1, 0.15) is 12.0 Å². The summed E-state index contributed by atoms with van der Waals surface area (Å²) in [5.74, 6) is 0.583. The summed E-state index contributed by atoms with van der Waals surface area (Å²) < 4.78 is 18.7. The van der Waals surface area contributed by atoms with E-state index in [1.54, 1.807) is 12.1 Å². The highest BCUT2D eigenvalue weighted by atomic mass is 19.1. The van der Waals surface area contributed by atoms with E-state index in [0.717, 1.165) is 36.3 Å². The number of rotatable bonds is 1. The average Bonchev–Trinajstić information content (AvgIpc) is 2.41. The van der Waals surface area contributed by atoms with E-state index in [0.29, 0.717) is 0 Å². The van der Waals surface area contributed by atoms with Gasteiger partial charge in [-0.3, -0.25) is 0 Å². The van der Waals surface area contributed by atoms with Crippen molar-refractivity contribution in [2.24, 2.45) is 0 Å². The maximum atomic E-state index is 13.1. The zero-order chi connectivity index (χ0) is 12.5. The quantitative estimate of drug-likeness (QED) is 0.694. The Kier molecular flexibility index (Phi) is 2.82. The first-order chi connectivity index (χ1) is 8.74. The number of aryl methyl sites for hydroxylation is 1. The number of ether oxygens (including phenoxy) is 1. The summed E-state index contributed by atoms with van der Waals surface area (Å²) in [7, 11) is 5.60. The minimum atomic E-state index is -0.375. The molecule has 0 aromatic heterocycles. The van der Waals surface area contributed by atoms with Crippen LogP contribution in [-0.2, 0) is 6.42 Å². The van der Waals surface area contributed by atoms with Gasteiger partial charge in [0, 0.05) is 0 Å². The van der Waals surface area contributed by atoms with Gasteiger partial charge in [-0.2, -0.15) is 0 Å². The van der Waals surface area contributed by atoms with E-state index in [2.05, 4.69) is 6.07 Å². The molecule has 1 nitrogen and oxygen atoms in total. The molecule has 0 N–H and O–H groups in total. The van der Waals surface area contributed by atoms with Crippen LogP contribution in [0.25, 0.3) is 11.1 Å². The molecule has 0 amide bonds. The lowest BCUT2D eigenvalue weighted by molar-refractivity contribution is 0.288. The normalized spacial score (nSPS) is 13.8. The van der Waals surface area contributed by atoms with Crippen molar-refractivity contribution in [2.75, 3.05) is 6.61 Å². The summed E-state index contributed by atoms with van der Waals surface area (Å²) in [6.07, 6.45) is 2.07. The molecule has 0 saturated carbocycles. The molecule has 0 unspecified atom stereocenters. The van der Waals surface area contributed by atoms with Gasteiger partial charge in [-0.15, -0.1) is 0 Å². The van der Waals surface area contributed by atoms with Gasteiger partial charge in [0.2, 0.25) is 0 Å². The summed E-state index contributed by atoms with van der Waals surface area (Å²) in [6.45, 7) is 0.788. The van der Waals surface area contributed by atoms with Gasteiger partial charge in [0.25, 0.3) is 0 Å². The third-order valence-corrected chi connectivity index (χ3v) is 3.24. The molecule has 0 fully saturated rings. The van der Waals surface area contributed by atoms with Crippen molar-refractivity contribution >= 4 is 13.3 Å². The maximum absolute atomic E-state index is 13.1. The second-order valence-corrected chi connectivity index (χ2v) is 4.51. The lowest BCUT2D eigenvalue weighted by Gasteiger charge is -2.18. The molecule has 1 aliphatic rings. The monoisotopic (exact) mass is 238 g/mol. The predicted molar refractivity (Wildman–Crippen MR) is 71.0 cm³/mol. The summed E-state index contributed by atoms with van der Waals surface area (Å²) in [5.41, 5.74) is 3.37. The molecule has 3 rings (SSSR count). The van der Waals surface area contributed by atoms with E-state index in [-0.39, 0.29) is 11.3 Å². The van der Waals surface area contributed by atoms with E-state index in [1.165, 1.54) is 11.6 Å². The number of hydrogen-bond donors (Lipinski definition) is 0. The van der Waals surface area contributed by atoms with Crippen LogP contribution in [0.15, 0.2) is 36.4 Å². The Labute approximate surface area is 107 Å². The molecule has 1 aliphatic heterocycles. The van der Waals surface area contributed by atoms with Crippen molar-refractivity contribution < 1.29 is 9.13 Å². The first kappa shape index (κ1) is 11.3. The van der Waals surface area contributed by atoms with E-state index < -0.39 is 0 Å². The van der Waals surface area contributed by atoms with Crippen molar-refractivity contribution in [3.63, 3.8) is 0 Å². The molecule has 88 valence electrons. The van der Waals surface area contributed by atoms with Crippen LogP contribution in [0.3, 0.4) is 0 Å². The third-order valence-electron chi connectivity index (χ3n) is 3.24. The fraction of sp³-hybridized carbons (Fsp3) is 0.200. The molecular weight excluding hydrogens is 226 g/mol. The van der Waals surface area contributed by atoms with Crippen LogP contribution in [0.2, 0.25) is 0 Å². The van der Waals surface area contributed by atoms with Crippen LogP contribution in [-0.4, -0.2) is 14.5 Å². The Morgan fingerprint density at radius 3 is 2.67 bits per heavy atom. The van der Waals surface area contributed by atoms with E-state index in [4.69, 9.17) is 12.6 Å². The number of hydrogen-bond acceptors (Lipinski definition) is 1. The largest absolute Gasteiger partial charge is 0.493 e. The molecule has 0 aliphatic carbocycles. The number of halogens is 1. The second kappa shape index (κ2) is 4.49. The van der Waals surface area contributed by atoms with Gasteiger partial charge in [-0.25, -0.2) is 4.39 Å². The molecule has 0 saturated heterocycles. The Balaban J connectivity index is 2.03. The SMILES string of the molecule is [B]c1cc(-c2ccc3c(c2)CCCO3)ccc1F. The minimum Gasteiger partial charge on any atom is -0.493 e. The highest BCUT2D eigenvalue weighted by Gasteiger charge is 2.11. The van der Waals surface area contributed by atoms with Gasteiger partial charge in [0.05, 0.1) is 6.61 Å². The Morgan fingerprint density at radius 2 is 1.83 bits per heavy atom. The van der Waals surface area contributed by atoms with Crippen LogP contribution >= 0.6 is 0 Å². The molecular formula is C15H12BFO. The third kappa shape index (κ3) is 2.01. The van der Waals surface area contributed by atoms with E-state index >= 15 is 0 Å². The topological polar surface area (TPSA) is 9.23 Å². The van der Waals surface area contributed by atoms with Gasteiger partial charge in [0.15, 0.2) is 0 Å². The average molecular weight is 238 g/mol. The molecule has 2 radical (unpaired) electrons. The summed E-state index contributed by atoms with van der Waals surface area (Å²) in [5, 5.41) is 0. The first-order valence-corrected chi connectivity index (χ1v) is 6.05. The van der Waals surface area contributed by atoms with Gasteiger partial charge in [-0.1, -0.05) is 23.7 Å². The molecule has 3 heteroatoms. The molecule has 0 spiro atoms. The van der Waals surface area contributed by atoms with Crippen LogP contribution in [0.4, 0.5) is 4.39 Å². The zero-order valence-corrected chi connectivity index (χ0v) is 9.95. The van der Waals surface area contributed by atoms with Crippen molar-refractivity contribution in [3.8, 4) is 16.9 Å². The molecule has 0 atom stereocenters. The maximum Gasteiger partial charge on any atom is 0.122 e. The van der Waals surface area contributed by atoms with E-state index in [1.807, 2.05) is 12.1 Å². The zero-order valence-electron chi connectivity index (χ0n) is 9.95. The summed E-state index contributed by atoms with van der Waals surface area (Å²) in [6, 6.07) is 10.9. The fourth-order valence-corrected chi connectivity index (χ4v) is 2.26. The van der Waals surface area contributed by atoms with Crippen LogP contribution in [0, 0.1) is 5.82 Å². The van der Waals surface area contributed by atoms with Gasteiger partial charge < -0.3 is 4.74 Å². The highest BCUT2D eigenvalue weighted by molar-refractivity contribution is 6.32. The van der Waals surface area contributed by atoms with Crippen LogP contribution < -0.4 is 10.2 Å². The van der Waals surface area contributed by atoms with Crippen molar-refractivity contribution in [1.29, 1.82) is 0 Å². The smallest absolute Gasteiger partial charge is 0.122 e. The van der Waals surface area contributed by atoms with Crippen molar-refractivity contribution in [3.05, 3.63) is 47.8 Å². The molecule has 0 bridgehead atoms. The highest BCUT2D eigenvalue weighted by Crippen LogP contribution is 2.29. The summed E-state index contributed by atoms with van der Waals surface area (Å²) >= 11 is 0. The Hall–Kier alpha value is -1.77. The Morgan fingerprint density at radius 1 is 1.06 bits per heavy atom. The molecule has 18 heavy (non-hydrogen) atoms. The number of fused-ring (bicyclic) bond motifs is 1. The lowest BCUT2D eigenvalue weighted by atomic mass is 9.91. The van der Waals surface area contributed by atoms with Crippen LogP contribution in [0.5, 0.6) is 5.75 Å². The van der Waals surface area contributed by atoms with E-state index in [9.17, 15) is 4.39 Å². The van der Waals surface area contributed by atoms with Crippen molar-refractivity contribution in [2.45, 2.75) is 12.8 Å². The molecule has 1 heterocycles. The van der Waals surface area contributed by atoms with Gasteiger partial charge in [0.1, 0.15) is 19.4 Å². The molecule has 2 aromatic carbocycles. The standard InChI is InChI=1S/C15H12BFO/c16-13-9-11(3-5-14(13)17)10-4-6-15-12(8-10)2-1-7-18-15/h3-6,8-9H,1-2,7H2. The van der Waals surface area contributed by atoms with Gasteiger partial charge in [-0.05, 0) is 47.7 Å². The van der Waals surface area contributed by atoms with Crippen molar-refractivity contribution in [1.82, 2.24) is 0 Å². The fourth-order valence-electron chi connectivity index (χ4n) is 2.26. The summed E-state index contributed by atoms with van der Waals surface area (Å²) in [4.78, 5) is 0. The van der Waals surface area contributed by atoms with Gasteiger partial charge >= 0.3 is 0 Å². The molecule has 2 aromatic rings. The Bertz CT molecular complexity index is 595.